The minimum atomic E-state index is -0.264. The first kappa shape index (κ1) is 27.4. The Morgan fingerprint density at radius 2 is 1.63 bits per heavy atom. The summed E-state index contributed by atoms with van der Waals surface area (Å²) >= 11 is 0. The second-order valence-corrected chi connectivity index (χ2v) is 16.5. The smallest absolute Gasteiger partial charge is 0.409 e. The Kier molecular flexibility index (Phi) is 6.02. The van der Waals surface area contributed by atoms with Gasteiger partial charge in [-0.2, -0.15) is 0 Å². The summed E-state index contributed by atoms with van der Waals surface area (Å²) in [5, 5.41) is 11.0. The number of rotatable bonds is 3. The summed E-state index contributed by atoms with van der Waals surface area (Å²) in [6.07, 6.45) is 10.7. The van der Waals surface area contributed by atoms with Gasteiger partial charge in [-0.3, -0.25) is 0 Å². The van der Waals surface area contributed by atoms with Crippen LogP contribution in [0.25, 0.3) is 0 Å². The normalized spacial score (nSPS) is 53.1. The lowest BCUT2D eigenvalue weighted by molar-refractivity contribution is -0.176. The minimum Gasteiger partial charge on any atom is -0.443 e. The molecule has 1 aliphatic heterocycles. The van der Waals surface area contributed by atoms with Crippen molar-refractivity contribution >= 4 is 6.09 Å². The van der Waals surface area contributed by atoms with Gasteiger partial charge in [0.2, 0.25) is 0 Å². The molecule has 0 aromatic carbocycles. The average Bonchev–Trinajstić information content (AvgIpc) is 3.43. The summed E-state index contributed by atoms with van der Waals surface area (Å²) in [7, 11) is 3.51. The predicted molar refractivity (Wildman–Crippen MR) is 150 cm³/mol. The maximum atomic E-state index is 12.5. The number of aliphatic hydroxyl groups excluding tert-OH is 1. The largest absolute Gasteiger partial charge is 0.443 e. The Morgan fingerprint density at radius 1 is 0.974 bits per heavy atom. The van der Waals surface area contributed by atoms with Crippen molar-refractivity contribution < 1.29 is 19.4 Å². The molecule has 216 valence electrons. The van der Waals surface area contributed by atoms with E-state index in [1.54, 1.807) is 14.1 Å². The van der Waals surface area contributed by atoms with Gasteiger partial charge in [0.25, 0.3) is 0 Å². The topological polar surface area (TPSA) is 59.0 Å². The van der Waals surface area contributed by atoms with E-state index < -0.39 is 0 Å². The first-order valence-corrected chi connectivity index (χ1v) is 15.9. The summed E-state index contributed by atoms with van der Waals surface area (Å²) in [5.41, 5.74) is 1.57. The maximum Gasteiger partial charge on any atom is 0.409 e. The molecule has 6 rings (SSSR count). The second kappa shape index (κ2) is 8.37. The molecule has 0 aromatic heterocycles. The highest BCUT2D eigenvalue weighted by molar-refractivity contribution is 5.67. The predicted octanol–water partition coefficient (Wildman–Crippen LogP) is 6.91. The van der Waals surface area contributed by atoms with Crippen LogP contribution in [0.4, 0.5) is 4.79 Å². The number of hydrogen-bond donors (Lipinski definition) is 1. The van der Waals surface area contributed by atoms with E-state index in [9.17, 15) is 9.90 Å². The lowest BCUT2D eigenvalue weighted by atomic mass is 9.41. The fourth-order valence-corrected chi connectivity index (χ4v) is 12.4. The number of carbonyl (C=O) groups is 1. The van der Waals surface area contributed by atoms with Gasteiger partial charge in [0.15, 0.2) is 0 Å². The van der Waals surface area contributed by atoms with E-state index in [0.29, 0.717) is 34.0 Å². The fourth-order valence-electron chi connectivity index (χ4n) is 12.4. The fraction of sp³-hybridized carbons (Fsp3) is 0.970. The molecule has 5 saturated carbocycles. The summed E-state index contributed by atoms with van der Waals surface area (Å²) in [4.78, 5) is 14.1. The van der Waals surface area contributed by atoms with E-state index in [2.05, 4.69) is 48.5 Å². The van der Waals surface area contributed by atoms with Crippen LogP contribution >= 0.6 is 0 Å². The van der Waals surface area contributed by atoms with E-state index in [-0.39, 0.29) is 47.3 Å². The van der Waals surface area contributed by atoms with Gasteiger partial charge in [-0.1, -0.05) is 48.5 Å². The van der Waals surface area contributed by atoms with Gasteiger partial charge in [0, 0.05) is 14.1 Å². The van der Waals surface area contributed by atoms with E-state index >= 15 is 0 Å². The van der Waals surface area contributed by atoms with Gasteiger partial charge in [-0.15, -0.1) is 0 Å². The number of nitrogens with zero attached hydrogens (tertiary/aromatic N) is 1. The van der Waals surface area contributed by atoms with Crippen LogP contribution in [-0.4, -0.2) is 54.6 Å². The lowest BCUT2D eigenvalue weighted by Crippen LogP contribution is -2.58. The van der Waals surface area contributed by atoms with Crippen molar-refractivity contribution in [2.24, 2.45) is 56.7 Å². The molecule has 0 bridgehead atoms. The summed E-state index contributed by atoms with van der Waals surface area (Å²) in [6, 6.07) is 0. The van der Waals surface area contributed by atoms with Crippen molar-refractivity contribution in [3.05, 3.63) is 0 Å². The molecule has 0 radical (unpaired) electrons. The molecule has 2 spiro atoms. The lowest BCUT2D eigenvalue weighted by Gasteiger charge is -2.63. The molecule has 1 heterocycles. The highest BCUT2D eigenvalue weighted by Crippen LogP contribution is 2.89. The third kappa shape index (κ3) is 3.27. The van der Waals surface area contributed by atoms with Crippen LogP contribution in [0, 0.1) is 56.7 Å². The average molecular weight is 530 g/mol. The summed E-state index contributed by atoms with van der Waals surface area (Å²) in [5.74, 6) is 2.80. The molecule has 5 heteroatoms. The Balaban J connectivity index is 1.28. The standard InChI is InChI=1S/C33H55NO4/c1-19(2)27(38-28(36)34(8)9)21-16-20(3)26-22(37-21)17-31(7)24-11-10-23-29(4,5)25(35)12-13-32(23)18-33(24,32)15-14-30(26,31)6/h19-27,35H,10-18H2,1-9H3/t20-,21?,22?,23?,24?,25?,26?,27?,30?,31+,32?,33?/m1/s1. The van der Waals surface area contributed by atoms with Crippen LogP contribution in [0.5, 0.6) is 0 Å². The van der Waals surface area contributed by atoms with Crippen molar-refractivity contribution in [2.75, 3.05) is 14.1 Å². The van der Waals surface area contributed by atoms with E-state index in [1.165, 1.54) is 43.4 Å². The molecular weight excluding hydrogens is 474 g/mol. The van der Waals surface area contributed by atoms with Crippen molar-refractivity contribution in [1.29, 1.82) is 0 Å². The first-order valence-electron chi connectivity index (χ1n) is 15.9. The molecule has 1 amide bonds. The zero-order chi connectivity index (χ0) is 27.6. The van der Waals surface area contributed by atoms with Gasteiger partial charge >= 0.3 is 6.09 Å². The molecule has 1 N–H and O–H groups in total. The van der Waals surface area contributed by atoms with Crippen LogP contribution in [0.1, 0.15) is 106 Å². The van der Waals surface area contributed by atoms with Crippen molar-refractivity contribution in [2.45, 2.75) is 131 Å². The van der Waals surface area contributed by atoms with Crippen molar-refractivity contribution in [1.82, 2.24) is 4.90 Å². The van der Waals surface area contributed by atoms with E-state index in [4.69, 9.17) is 9.47 Å². The van der Waals surface area contributed by atoms with Gasteiger partial charge in [0.1, 0.15) is 6.10 Å². The number of aliphatic hydroxyl groups is 1. The van der Waals surface area contributed by atoms with Crippen LogP contribution in [-0.2, 0) is 9.47 Å². The molecule has 12 atom stereocenters. The third-order valence-corrected chi connectivity index (χ3v) is 14.3. The molecule has 6 fully saturated rings. The number of carbonyl (C=O) groups excluding carboxylic acids is 1. The van der Waals surface area contributed by atoms with Crippen LogP contribution < -0.4 is 0 Å². The van der Waals surface area contributed by atoms with Crippen LogP contribution in [0.3, 0.4) is 0 Å². The first-order chi connectivity index (χ1) is 17.6. The molecule has 1 saturated heterocycles. The van der Waals surface area contributed by atoms with E-state index in [1.807, 2.05) is 0 Å². The highest BCUT2D eigenvalue weighted by atomic mass is 16.6. The highest BCUT2D eigenvalue weighted by Gasteiger charge is 2.83. The zero-order valence-electron chi connectivity index (χ0n) is 25.7. The minimum absolute atomic E-state index is 0.0277. The third-order valence-electron chi connectivity index (χ3n) is 14.3. The van der Waals surface area contributed by atoms with Gasteiger partial charge in [0.05, 0.1) is 18.3 Å². The number of amides is 1. The zero-order valence-corrected chi connectivity index (χ0v) is 25.7. The SMILES string of the molecule is CC(C)C(OC(=O)N(C)C)C1C[C@@H](C)C2C(C[C@@]3(C)C4CCC5C(C)(C)C(O)CCC56CC46CCC23C)O1. The molecule has 10 unspecified atom stereocenters. The van der Waals surface area contributed by atoms with E-state index in [0.717, 1.165) is 25.2 Å². The summed E-state index contributed by atoms with van der Waals surface area (Å²) in [6.45, 7) is 16.8. The molecule has 5 aliphatic carbocycles. The van der Waals surface area contributed by atoms with Gasteiger partial charge in [-0.25, -0.2) is 4.79 Å². The molecule has 6 aliphatic rings. The number of ether oxygens (including phenoxy) is 2. The number of hydrogen-bond acceptors (Lipinski definition) is 4. The Hall–Kier alpha value is -0.810. The Morgan fingerprint density at radius 3 is 2.29 bits per heavy atom. The molecule has 38 heavy (non-hydrogen) atoms. The molecular formula is C33H55NO4. The summed E-state index contributed by atoms with van der Waals surface area (Å²) < 4.78 is 13.1. The monoisotopic (exact) mass is 529 g/mol. The Labute approximate surface area is 231 Å². The van der Waals surface area contributed by atoms with Gasteiger partial charge in [-0.05, 0) is 114 Å². The van der Waals surface area contributed by atoms with Gasteiger partial charge < -0.3 is 19.5 Å². The number of fused-ring (bicyclic) bond motifs is 4. The molecule has 0 aromatic rings. The van der Waals surface area contributed by atoms with Crippen LogP contribution in [0.15, 0.2) is 0 Å². The van der Waals surface area contributed by atoms with Crippen molar-refractivity contribution in [3.8, 4) is 0 Å². The van der Waals surface area contributed by atoms with Crippen LogP contribution in [0.2, 0.25) is 0 Å². The molecule has 5 nitrogen and oxygen atoms in total. The second-order valence-electron chi connectivity index (χ2n) is 16.5. The Bertz CT molecular complexity index is 978. The van der Waals surface area contributed by atoms with Crippen molar-refractivity contribution in [3.63, 3.8) is 0 Å². The maximum absolute atomic E-state index is 12.5. The quantitative estimate of drug-likeness (QED) is 0.431.